The quantitative estimate of drug-likeness (QED) is 0.425. The van der Waals surface area contributed by atoms with E-state index in [0.717, 1.165) is 12.1 Å². The molecule has 1 aromatic rings. The lowest BCUT2D eigenvalue weighted by molar-refractivity contribution is -0.136. The first-order valence-corrected chi connectivity index (χ1v) is 7.39. The maximum absolute atomic E-state index is 14.0. The third kappa shape index (κ3) is 3.70. The molecule has 0 radical (unpaired) electrons. The lowest BCUT2D eigenvalue weighted by Crippen LogP contribution is -2.41. The van der Waals surface area contributed by atoms with Crippen molar-refractivity contribution >= 4 is 17.6 Å². The molecule has 9 heteroatoms. The number of hydrogen-bond acceptors (Lipinski definition) is 6. The molecule has 24 heavy (non-hydrogen) atoms. The van der Waals surface area contributed by atoms with Crippen molar-refractivity contribution in [3.05, 3.63) is 57.6 Å². The second-order valence-electron chi connectivity index (χ2n) is 5.06. The summed E-state index contributed by atoms with van der Waals surface area (Å²) >= 11 is 5.86. The van der Waals surface area contributed by atoms with Gasteiger partial charge in [0.05, 0.1) is 17.8 Å². The Kier molecular flexibility index (Phi) is 5.50. The van der Waals surface area contributed by atoms with Crippen LogP contribution in [0.5, 0.6) is 0 Å². The lowest BCUT2D eigenvalue weighted by atomic mass is 10.1. The molecule has 1 aliphatic rings. The molecular formula is C15H17ClF2N4O2. The van der Waals surface area contributed by atoms with Crippen LogP contribution in [0.2, 0.25) is 5.02 Å². The van der Waals surface area contributed by atoms with E-state index in [9.17, 15) is 13.6 Å². The SMILES string of the molecule is COC(=O)/C(N)=C/C1=C(N)NCCN1Cc1c(F)ccc(F)c1Cl. The van der Waals surface area contributed by atoms with Gasteiger partial charge in [-0.25, -0.2) is 13.6 Å². The number of nitrogens with one attached hydrogen (secondary N) is 1. The van der Waals surface area contributed by atoms with Gasteiger partial charge < -0.3 is 26.4 Å². The van der Waals surface area contributed by atoms with Gasteiger partial charge in [0, 0.05) is 25.2 Å². The molecule has 0 spiro atoms. The third-order valence-electron chi connectivity index (χ3n) is 3.52. The summed E-state index contributed by atoms with van der Waals surface area (Å²) < 4.78 is 32.1. The Balaban J connectivity index is 2.37. The number of hydrogen-bond donors (Lipinski definition) is 3. The van der Waals surface area contributed by atoms with Crippen molar-refractivity contribution < 1.29 is 18.3 Å². The number of carbonyl (C=O) groups excluding carboxylic acids is 1. The minimum absolute atomic E-state index is 0.00564. The van der Waals surface area contributed by atoms with Crippen LogP contribution in [0.1, 0.15) is 5.56 Å². The number of nitrogens with zero attached hydrogens (tertiary/aromatic N) is 1. The van der Waals surface area contributed by atoms with Crippen LogP contribution in [0.15, 0.2) is 35.4 Å². The average molecular weight is 359 g/mol. The van der Waals surface area contributed by atoms with Crippen LogP contribution in [0.3, 0.4) is 0 Å². The highest BCUT2D eigenvalue weighted by atomic mass is 35.5. The van der Waals surface area contributed by atoms with Crippen molar-refractivity contribution in [3.63, 3.8) is 0 Å². The molecule has 0 amide bonds. The summed E-state index contributed by atoms with van der Waals surface area (Å²) in [6.07, 6.45) is 1.32. The average Bonchev–Trinajstić information content (AvgIpc) is 2.57. The second-order valence-corrected chi connectivity index (χ2v) is 5.44. The van der Waals surface area contributed by atoms with E-state index in [1.165, 1.54) is 13.2 Å². The first-order valence-electron chi connectivity index (χ1n) is 7.01. The molecule has 0 aliphatic carbocycles. The fraction of sp³-hybridized carbons (Fsp3) is 0.267. The van der Waals surface area contributed by atoms with E-state index in [1.54, 1.807) is 4.90 Å². The van der Waals surface area contributed by atoms with Crippen molar-refractivity contribution in [3.8, 4) is 0 Å². The molecule has 0 saturated heterocycles. The molecule has 1 aliphatic heterocycles. The van der Waals surface area contributed by atoms with Crippen LogP contribution >= 0.6 is 11.6 Å². The fourth-order valence-corrected chi connectivity index (χ4v) is 2.48. The van der Waals surface area contributed by atoms with E-state index >= 15 is 0 Å². The van der Waals surface area contributed by atoms with Crippen LogP contribution < -0.4 is 16.8 Å². The number of benzene rings is 1. The summed E-state index contributed by atoms with van der Waals surface area (Å²) in [6.45, 7) is 0.869. The van der Waals surface area contributed by atoms with Gasteiger partial charge in [0.2, 0.25) is 0 Å². The zero-order valence-corrected chi connectivity index (χ0v) is 13.7. The number of halogens is 3. The first-order chi connectivity index (χ1) is 11.3. The number of esters is 1. The van der Waals surface area contributed by atoms with E-state index in [0.29, 0.717) is 18.8 Å². The Morgan fingerprint density at radius 2 is 2.12 bits per heavy atom. The van der Waals surface area contributed by atoms with Gasteiger partial charge in [-0.15, -0.1) is 0 Å². The summed E-state index contributed by atoms with van der Waals surface area (Å²) in [6, 6.07) is 1.96. The van der Waals surface area contributed by atoms with Crippen LogP contribution in [-0.2, 0) is 16.1 Å². The molecule has 2 rings (SSSR count). The van der Waals surface area contributed by atoms with Gasteiger partial charge in [0.15, 0.2) is 0 Å². The Hall–Kier alpha value is -2.48. The molecule has 1 heterocycles. The number of methoxy groups -OCH3 is 1. The second kappa shape index (κ2) is 7.39. The highest BCUT2D eigenvalue weighted by Gasteiger charge is 2.22. The summed E-state index contributed by atoms with van der Waals surface area (Å²) in [5.74, 6) is -1.83. The van der Waals surface area contributed by atoms with Gasteiger partial charge in [-0.1, -0.05) is 11.6 Å². The van der Waals surface area contributed by atoms with Gasteiger partial charge in [-0.05, 0) is 18.2 Å². The van der Waals surface area contributed by atoms with Crippen molar-refractivity contribution in [1.29, 1.82) is 0 Å². The van der Waals surface area contributed by atoms with Gasteiger partial charge in [-0.3, -0.25) is 0 Å². The minimum Gasteiger partial charge on any atom is -0.464 e. The molecule has 1 aromatic carbocycles. The summed E-state index contributed by atoms with van der Waals surface area (Å²) in [5, 5.41) is 2.62. The van der Waals surface area contributed by atoms with Crippen LogP contribution in [0.25, 0.3) is 0 Å². The Bertz CT molecular complexity index is 722. The smallest absolute Gasteiger partial charge is 0.353 e. The monoisotopic (exact) mass is 358 g/mol. The molecule has 0 unspecified atom stereocenters. The van der Waals surface area contributed by atoms with Crippen LogP contribution in [0, 0.1) is 11.6 Å². The summed E-state index contributed by atoms with van der Waals surface area (Å²) in [7, 11) is 1.19. The van der Waals surface area contributed by atoms with E-state index < -0.39 is 17.6 Å². The van der Waals surface area contributed by atoms with E-state index in [2.05, 4.69) is 10.1 Å². The van der Waals surface area contributed by atoms with Crippen molar-refractivity contribution in [1.82, 2.24) is 10.2 Å². The standard InChI is InChI=1S/C15H17ClF2N4O2/c1-24-15(23)11(19)6-12-14(20)21-4-5-22(12)7-8-9(17)2-3-10(18)13(8)16/h2-3,6,21H,4-5,7,19-20H2,1H3/b11-6-. The van der Waals surface area contributed by atoms with Gasteiger partial charge in [0.1, 0.15) is 23.2 Å². The molecule has 5 N–H and O–H groups in total. The largest absolute Gasteiger partial charge is 0.464 e. The normalized spacial score (nSPS) is 15.3. The molecule has 6 nitrogen and oxygen atoms in total. The van der Waals surface area contributed by atoms with E-state index in [4.69, 9.17) is 23.1 Å². The van der Waals surface area contributed by atoms with Crippen LogP contribution in [0.4, 0.5) is 8.78 Å². The summed E-state index contributed by atoms with van der Waals surface area (Å²) in [4.78, 5) is 13.1. The Morgan fingerprint density at radius 1 is 1.46 bits per heavy atom. The highest BCUT2D eigenvalue weighted by molar-refractivity contribution is 6.31. The Labute approximate surface area is 142 Å². The number of carbonyl (C=O) groups is 1. The first kappa shape index (κ1) is 17.9. The predicted octanol–water partition coefficient (Wildman–Crippen LogP) is 1.17. The maximum Gasteiger partial charge on any atom is 0.353 e. The number of allylic oxidation sites excluding steroid dienone is 1. The van der Waals surface area contributed by atoms with Crippen LogP contribution in [-0.4, -0.2) is 31.1 Å². The van der Waals surface area contributed by atoms with Crippen molar-refractivity contribution in [2.24, 2.45) is 11.5 Å². The third-order valence-corrected chi connectivity index (χ3v) is 3.92. The van der Waals surface area contributed by atoms with E-state index in [-0.39, 0.29) is 28.6 Å². The highest BCUT2D eigenvalue weighted by Crippen LogP contribution is 2.26. The molecule has 0 bridgehead atoms. The van der Waals surface area contributed by atoms with E-state index in [1.807, 2.05) is 0 Å². The number of ether oxygens (including phenoxy) is 1. The number of nitrogens with two attached hydrogens (primary N) is 2. The topological polar surface area (TPSA) is 93.6 Å². The lowest BCUT2D eigenvalue weighted by Gasteiger charge is -2.32. The minimum atomic E-state index is -0.726. The molecule has 0 aromatic heterocycles. The van der Waals surface area contributed by atoms with Gasteiger partial charge >= 0.3 is 5.97 Å². The fourth-order valence-electron chi connectivity index (χ4n) is 2.27. The number of rotatable bonds is 4. The zero-order chi connectivity index (χ0) is 17.9. The molecule has 130 valence electrons. The molecule has 0 atom stereocenters. The Morgan fingerprint density at radius 3 is 2.79 bits per heavy atom. The molecule has 0 saturated carbocycles. The molecular weight excluding hydrogens is 342 g/mol. The maximum atomic E-state index is 14.0. The predicted molar refractivity (Wildman–Crippen MR) is 85.3 cm³/mol. The summed E-state index contributed by atoms with van der Waals surface area (Å²) in [5.41, 5.74) is 11.7. The zero-order valence-electron chi connectivity index (χ0n) is 12.9. The molecule has 0 fully saturated rings. The van der Waals surface area contributed by atoms with Gasteiger partial charge in [0.25, 0.3) is 0 Å². The van der Waals surface area contributed by atoms with Crippen molar-refractivity contribution in [2.75, 3.05) is 20.2 Å². The van der Waals surface area contributed by atoms with Crippen molar-refractivity contribution in [2.45, 2.75) is 6.54 Å². The van der Waals surface area contributed by atoms with Gasteiger partial charge in [-0.2, -0.15) is 0 Å².